The van der Waals surface area contributed by atoms with Crippen LogP contribution in [0.15, 0.2) is 77.7 Å². The van der Waals surface area contributed by atoms with E-state index in [9.17, 15) is 13.2 Å². The van der Waals surface area contributed by atoms with Crippen LogP contribution in [0.4, 0.5) is 10.5 Å². The van der Waals surface area contributed by atoms with Gasteiger partial charge < -0.3 is 0 Å². The SMILES string of the molecule is C[C@@H](c1ccccc1)N1C(=O)N(Cc2ccccc2)c2cc(Cl)cc(Cl)c2S1(=O)=O. The van der Waals surface area contributed by atoms with Crippen molar-refractivity contribution in [3.05, 3.63) is 94.0 Å². The summed E-state index contributed by atoms with van der Waals surface area (Å²) in [6.45, 7) is 1.86. The van der Waals surface area contributed by atoms with Crippen molar-refractivity contribution < 1.29 is 13.2 Å². The highest BCUT2D eigenvalue weighted by molar-refractivity contribution is 7.90. The minimum absolute atomic E-state index is 0.0201. The molecular formula is C22H18Cl2N2O3S. The molecule has 1 heterocycles. The highest BCUT2D eigenvalue weighted by atomic mass is 35.5. The summed E-state index contributed by atoms with van der Waals surface area (Å²) in [5, 5.41) is 0.234. The van der Waals surface area contributed by atoms with Gasteiger partial charge in [0.2, 0.25) is 0 Å². The molecule has 0 fully saturated rings. The molecular weight excluding hydrogens is 443 g/mol. The van der Waals surface area contributed by atoms with Crippen molar-refractivity contribution in [3.8, 4) is 0 Å². The second-order valence-electron chi connectivity index (χ2n) is 6.98. The molecule has 5 nitrogen and oxygen atoms in total. The Morgan fingerprint density at radius 3 is 2.17 bits per heavy atom. The molecule has 1 aliphatic rings. The number of benzene rings is 3. The maximum Gasteiger partial charge on any atom is 0.339 e. The number of fused-ring (bicyclic) bond motifs is 1. The van der Waals surface area contributed by atoms with Crippen molar-refractivity contribution in [3.63, 3.8) is 0 Å². The Balaban J connectivity index is 1.90. The molecule has 0 saturated heterocycles. The summed E-state index contributed by atoms with van der Waals surface area (Å²) in [5.41, 5.74) is 1.72. The lowest BCUT2D eigenvalue weighted by Gasteiger charge is -2.39. The molecule has 0 N–H and O–H groups in total. The first-order chi connectivity index (χ1) is 14.3. The Kier molecular flexibility index (Phi) is 5.49. The first-order valence-electron chi connectivity index (χ1n) is 9.24. The van der Waals surface area contributed by atoms with Crippen LogP contribution in [0.1, 0.15) is 24.1 Å². The van der Waals surface area contributed by atoms with E-state index in [1.165, 1.54) is 17.0 Å². The lowest BCUT2D eigenvalue weighted by atomic mass is 10.1. The largest absolute Gasteiger partial charge is 0.339 e. The number of rotatable bonds is 4. The van der Waals surface area contributed by atoms with Gasteiger partial charge in [-0.1, -0.05) is 83.9 Å². The molecule has 0 radical (unpaired) electrons. The van der Waals surface area contributed by atoms with Crippen LogP contribution in [0.2, 0.25) is 10.0 Å². The molecule has 0 aliphatic carbocycles. The van der Waals surface area contributed by atoms with E-state index in [1.807, 2.05) is 36.4 Å². The van der Waals surface area contributed by atoms with Gasteiger partial charge in [-0.2, -0.15) is 0 Å². The number of amides is 2. The van der Waals surface area contributed by atoms with Crippen LogP contribution in [0.5, 0.6) is 0 Å². The predicted molar refractivity (Wildman–Crippen MR) is 118 cm³/mol. The monoisotopic (exact) mass is 460 g/mol. The van der Waals surface area contributed by atoms with E-state index in [0.717, 1.165) is 9.87 Å². The summed E-state index contributed by atoms with van der Waals surface area (Å²) in [6, 6.07) is 19.8. The molecule has 2 amide bonds. The van der Waals surface area contributed by atoms with Gasteiger partial charge in [-0.15, -0.1) is 0 Å². The Labute approximate surface area is 185 Å². The molecule has 0 spiro atoms. The number of hydrogen-bond acceptors (Lipinski definition) is 3. The number of sulfonamides is 1. The molecule has 0 saturated carbocycles. The molecule has 3 aromatic carbocycles. The smallest absolute Gasteiger partial charge is 0.288 e. The third-order valence-electron chi connectivity index (χ3n) is 5.03. The fraction of sp³-hybridized carbons (Fsp3) is 0.136. The Morgan fingerprint density at radius 2 is 1.53 bits per heavy atom. The Morgan fingerprint density at radius 1 is 0.933 bits per heavy atom. The molecule has 0 unspecified atom stereocenters. The highest BCUT2D eigenvalue weighted by Gasteiger charge is 2.45. The molecule has 30 heavy (non-hydrogen) atoms. The van der Waals surface area contributed by atoms with Gasteiger partial charge in [0, 0.05) is 5.02 Å². The normalized spacial score (nSPS) is 16.3. The molecule has 4 rings (SSSR count). The van der Waals surface area contributed by atoms with Crippen LogP contribution in [-0.4, -0.2) is 18.8 Å². The summed E-state index contributed by atoms with van der Waals surface area (Å²) in [6.07, 6.45) is 0. The standard InChI is InChI=1S/C22H18Cl2N2O3S/c1-15(17-10-6-3-7-11-17)26-22(27)25(14-16-8-4-2-5-9-16)20-13-18(23)12-19(24)21(20)30(26,28)29/h2-13,15H,14H2,1H3/t15-/m0/s1. The molecule has 154 valence electrons. The molecule has 3 aromatic rings. The summed E-state index contributed by atoms with van der Waals surface area (Å²) < 4.78 is 27.9. The van der Waals surface area contributed by atoms with Gasteiger partial charge >= 0.3 is 6.03 Å². The van der Waals surface area contributed by atoms with E-state index < -0.39 is 22.1 Å². The Bertz CT molecular complexity index is 1200. The minimum Gasteiger partial charge on any atom is -0.288 e. The van der Waals surface area contributed by atoms with E-state index >= 15 is 0 Å². The van der Waals surface area contributed by atoms with Crippen LogP contribution in [0.25, 0.3) is 0 Å². The van der Waals surface area contributed by atoms with Gasteiger partial charge in [-0.3, -0.25) is 4.90 Å². The number of carbonyl (C=O) groups excluding carboxylic acids is 1. The number of hydrogen-bond donors (Lipinski definition) is 0. The van der Waals surface area contributed by atoms with E-state index in [2.05, 4.69) is 0 Å². The zero-order valence-electron chi connectivity index (χ0n) is 16.0. The zero-order chi connectivity index (χ0) is 21.5. The second-order valence-corrected chi connectivity index (χ2v) is 9.57. The van der Waals surface area contributed by atoms with E-state index in [1.54, 1.807) is 31.2 Å². The number of anilines is 1. The van der Waals surface area contributed by atoms with E-state index in [4.69, 9.17) is 23.2 Å². The van der Waals surface area contributed by atoms with Gasteiger partial charge in [0.1, 0.15) is 4.90 Å². The van der Waals surface area contributed by atoms with Crippen LogP contribution < -0.4 is 4.90 Å². The minimum atomic E-state index is -4.20. The third kappa shape index (κ3) is 3.55. The van der Waals surface area contributed by atoms with Gasteiger partial charge in [-0.05, 0) is 30.2 Å². The van der Waals surface area contributed by atoms with Gasteiger partial charge in [0.25, 0.3) is 10.0 Å². The van der Waals surface area contributed by atoms with E-state index in [-0.39, 0.29) is 27.2 Å². The van der Waals surface area contributed by atoms with Crippen LogP contribution >= 0.6 is 23.2 Å². The van der Waals surface area contributed by atoms with Gasteiger partial charge in [0.15, 0.2) is 0 Å². The second kappa shape index (κ2) is 7.95. The number of urea groups is 1. The number of nitrogens with zero attached hydrogens (tertiary/aromatic N) is 2. The first-order valence-corrected chi connectivity index (χ1v) is 11.4. The maximum atomic E-state index is 13.5. The quantitative estimate of drug-likeness (QED) is 0.487. The van der Waals surface area contributed by atoms with Crippen molar-refractivity contribution in [2.24, 2.45) is 0 Å². The lowest BCUT2D eigenvalue weighted by molar-refractivity contribution is 0.218. The van der Waals surface area contributed by atoms with Crippen molar-refractivity contribution in [2.45, 2.75) is 24.4 Å². The molecule has 8 heteroatoms. The summed E-state index contributed by atoms with van der Waals surface area (Å²) in [5.74, 6) is 0. The maximum absolute atomic E-state index is 13.5. The van der Waals surface area contributed by atoms with Crippen LogP contribution in [0, 0.1) is 0 Å². The number of carbonyl (C=O) groups is 1. The van der Waals surface area contributed by atoms with Crippen molar-refractivity contribution in [1.82, 2.24) is 4.31 Å². The lowest BCUT2D eigenvalue weighted by Crippen LogP contribution is -2.51. The number of halogens is 2. The fourth-order valence-corrected chi connectivity index (χ4v) is 6.14. The topological polar surface area (TPSA) is 57.7 Å². The van der Waals surface area contributed by atoms with Crippen LogP contribution in [-0.2, 0) is 16.6 Å². The first kappa shape index (κ1) is 20.7. The van der Waals surface area contributed by atoms with Crippen LogP contribution in [0.3, 0.4) is 0 Å². The van der Waals surface area contributed by atoms with Gasteiger partial charge in [-0.25, -0.2) is 17.5 Å². The van der Waals surface area contributed by atoms with E-state index in [0.29, 0.717) is 5.56 Å². The molecule has 1 atom stereocenters. The predicted octanol–water partition coefficient (Wildman–Crippen LogP) is 5.89. The van der Waals surface area contributed by atoms with Crippen molar-refractivity contribution in [1.29, 1.82) is 0 Å². The van der Waals surface area contributed by atoms with Gasteiger partial charge in [0.05, 0.1) is 23.3 Å². The summed E-state index contributed by atoms with van der Waals surface area (Å²) in [4.78, 5) is 14.8. The molecule has 0 bridgehead atoms. The Hall–Kier alpha value is -2.54. The highest BCUT2D eigenvalue weighted by Crippen LogP contribution is 2.44. The van der Waals surface area contributed by atoms with Crippen molar-refractivity contribution in [2.75, 3.05) is 4.90 Å². The zero-order valence-corrected chi connectivity index (χ0v) is 18.3. The summed E-state index contributed by atoms with van der Waals surface area (Å²) >= 11 is 12.5. The average molecular weight is 461 g/mol. The average Bonchev–Trinajstić information content (AvgIpc) is 2.71. The summed E-state index contributed by atoms with van der Waals surface area (Å²) in [7, 11) is -4.20. The fourth-order valence-electron chi connectivity index (χ4n) is 3.59. The molecule has 0 aromatic heterocycles. The van der Waals surface area contributed by atoms with Crippen molar-refractivity contribution >= 4 is 44.9 Å². The third-order valence-corrected chi connectivity index (χ3v) is 7.60. The molecule has 1 aliphatic heterocycles.